The zero-order valence-corrected chi connectivity index (χ0v) is 11.4. The number of aliphatic hydroxyl groups excluding tert-OH is 4. The number of hydrogen-bond donors (Lipinski definition) is 4. The van der Waals surface area contributed by atoms with E-state index in [2.05, 4.69) is 5.28 Å². The van der Waals surface area contributed by atoms with Crippen LogP contribution >= 0.6 is 0 Å². The number of hydrazine groups is 1. The molecule has 1 saturated heterocycles. The zero-order valence-electron chi connectivity index (χ0n) is 11.4. The molecule has 0 aromatic heterocycles. The van der Waals surface area contributed by atoms with Gasteiger partial charge in [-0.05, 0) is 13.8 Å². The van der Waals surface area contributed by atoms with Gasteiger partial charge in [0.25, 0.3) is 6.29 Å². The molecule has 0 aromatic carbocycles. The Kier molecular flexibility index (Phi) is 6.36. The maximum absolute atomic E-state index is 11.5. The van der Waals surface area contributed by atoms with E-state index in [0.717, 1.165) is 0 Å². The molecule has 5 atom stereocenters. The molecule has 0 bridgehead atoms. The molecule has 1 rings (SSSR count). The van der Waals surface area contributed by atoms with Crippen LogP contribution in [0.4, 0.5) is 0 Å². The zero-order chi connectivity index (χ0) is 15.3. The maximum Gasteiger partial charge on any atom is 0.262 e. The second-order valence-electron chi connectivity index (χ2n) is 4.28. The van der Waals surface area contributed by atoms with Crippen LogP contribution in [-0.4, -0.2) is 80.8 Å². The molecule has 0 radical (unpaired) electrons. The van der Waals surface area contributed by atoms with Gasteiger partial charge in [-0.3, -0.25) is 0 Å². The minimum Gasteiger partial charge on any atom is -0.569 e. The quantitative estimate of drug-likeness (QED) is 0.249. The molecule has 1 heterocycles. The molecular formula is C10H21N3O7. The third kappa shape index (κ3) is 3.67. The van der Waals surface area contributed by atoms with Crippen LogP contribution in [-0.2, 0) is 9.57 Å². The van der Waals surface area contributed by atoms with Gasteiger partial charge in [-0.15, -0.1) is 5.01 Å². The van der Waals surface area contributed by atoms with Gasteiger partial charge in [0.15, 0.2) is 0 Å². The summed E-state index contributed by atoms with van der Waals surface area (Å²) in [5, 5.41) is 53.7. The van der Waals surface area contributed by atoms with Crippen molar-refractivity contribution in [2.75, 3.05) is 19.7 Å². The molecule has 1 aliphatic rings. The summed E-state index contributed by atoms with van der Waals surface area (Å²) in [6, 6.07) is 0. The third-order valence-electron chi connectivity index (χ3n) is 3.04. The predicted molar refractivity (Wildman–Crippen MR) is 63.8 cm³/mol. The highest BCUT2D eigenvalue weighted by molar-refractivity contribution is 4.88. The average molecular weight is 295 g/mol. The summed E-state index contributed by atoms with van der Waals surface area (Å²) < 4.78 is 5.02. The lowest BCUT2D eigenvalue weighted by Gasteiger charge is -2.37. The topological polar surface area (TPSA) is 141 Å². The standard InChI is InChI=1S/C10H21N3O7/c1-3-12(4-2)13(18)11-20-10-9(17)8(16)7(15)6(5-14)19-10/h6-10,14-17H,3-5H2,1-2H3/b13-11-/t6-,7-,8+,9+,10-/m1/s1. The summed E-state index contributed by atoms with van der Waals surface area (Å²) in [5.41, 5.74) is 0. The van der Waals surface area contributed by atoms with Crippen molar-refractivity contribution in [3.63, 3.8) is 0 Å². The van der Waals surface area contributed by atoms with E-state index in [0.29, 0.717) is 13.1 Å². The second-order valence-corrected chi connectivity index (χ2v) is 4.28. The summed E-state index contributed by atoms with van der Waals surface area (Å²) in [7, 11) is 0. The van der Waals surface area contributed by atoms with Gasteiger partial charge in [0, 0.05) is 0 Å². The van der Waals surface area contributed by atoms with E-state index < -0.39 is 37.3 Å². The van der Waals surface area contributed by atoms with Crippen LogP contribution < -0.4 is 0 Å². The Morgan fingerprint density at radius 3 is 2.30 bits per heavy atom. The van der Waals surface area contributed by atoms with Crippen molar-refractivity contribution in [3.8, 4) is 0 Å². The van der Waals surface area contributed by atoms with Gasteiger partial charge >= 0.3 is 0 Å². The van der Waals surface area contributed by atoms with Crippen molar-refractivity contribution in [1.82, 2.24) is 5.01 Å². The molecule has 0 saturated carbocycles. The second kappa shape index (κ2) is 7.55. The molecule has 0 spiro atoms. The summed E-state index contributed by atoms with van der Waals surface area (Å²) in [6.45, 7) is 3.72. The third-order valence-corrected chi connectivity index (χ3v) is 3.04. The van der Waals surface area contributed by atoms with Crippen LogP contribution in [0.2, 0.25) is 0 Å². The number of aliphatic hydroxyl groups is 4. The van der Waals surface area contributed by atoms with Gasteiger partial charge in [-0.1, -0.05) is 0 Å². The molecule has 0 amide bonds. The normalized spacial score (nSPS) is 34.9. The first-order chi connectivity index (χ1) is 9.46. The number of nitrogens with zero attached hydrogens (tertiary/aromatic N) is 3. The minimum absolute atomic E-state index is 0.196. The lowest BCUT2D eigenvalue weighted by Crippen LogP contribution is -2.58. The Morgan fingerprint density at radius 1 is 1.20 bits per heavy atom. The monoisotopic (exact) mass is 295 g/mol. The van der Waals surface area contributed by atoms with E-state index in [1.54, 1.807) is 13.8 Å². The molecule has 10 heteroatoms. The van der Waals surface area contributed by atoms with Crippen molar-refractivity contribution in [2.45, 2.75) is 44.6 Å². The Labute approximate surface area is 116 Å². The molecular weight excluding hydrogens is 274 g/mol. The lowest BCUT2D eigenvalue weighted by atomic mass is 9.99. The summed E-state index contributed by atoms with van der Waals surface area (Å²) in [5.74, 6) is 0. The number of rotatable bonds is 6. The Bertz CT molecular complexity index is 324. The first kappa shape index (κ1) is 16.9. The Morgan fingerprint density at radius 2 is 1.80 bits per heavy atom. The number of ether oxygens (including phenoxy) is 1. The highest BCUT2D eigenvalue weighted by Gasteiger charge is 2.45. The molecule has 20 heavy (non-hydrogen) atoms. The summed E-state index contributed by atoms with van der Waals surface area (Å²) in [4.78, 5) is 4.93. The van der Waals surface area contributed by atoms with E-state index >= 15 is 0 Å². The molecule has 1 aliphatic heterocycles. The molecule has 118 valence electrons. The highest BCUT2D eigenvalue weighted by Crippen LogP contribution is 2.22. The van der Waals surface area contributed by atoms with Crippen LogP contribution in [0.25, 0.3) is 0 Å². The van der Waals surface area contributed by atoms with E-state index in [4.69, 9.17) is 14.7 Å². The van der Waals surface area contributed by atoms with Crippen molar-refractivity contribution in [1.29, 1.82) is 0 Å². The van der Waals surface area contributed by atoms with Crippen molar-refractivity contribution >= 4 is 0 Å². The fourth-order valence-corrected chi connectivity index (χ4v) is 1.76. The molecule has 0 aliphatic carbocycles. The first-order valence-corrected chi connectivity index (χ1v) is 6.35. The van der Waals surface area contributed by atoms with Gasteiger partial charge in [-0.2, -0.15) is 0 Å². The minimum atomic E-state index is -1.60. The van der Waals surface area contributed by atoms with Crippen molar-refractivity contribution in [3.05, 3.63) is 5.21 Å². The molecule has 0 unspecified atom stereocenters. The Balaban J connectivity index is 2.68. The SMILES string of the molecule is CCN(CC)/[N+]([O-])=N/O[C@H]1O[C@H](CO)[C@@H](O)[C@H](O)[C@@H]1O. The van der Waals surface area contributed by atoms with Gasteiger partial charge in [0.05, 0.1) is 24.7 Å². The first-order valence-electron chi connectivity index (χ1n) is 6.35. The van der Waals surface area contributed by atoms with E-state index in [1.807, 2.05) is 0 Å². The molecule has 1 fully saturated rings. The average Bonchev–Trinajstić information content (AvgIpc) is 2.45. The fourth-order valence-electron chi connectivity index (χ4n) is 1.76. The van der Waals surface area contributed by atoms with Gasteiger partial charge < -0.3 is 35.2 Å². The van der Waals surface area contributed by atoms with Crippen LogP contribution in [0.5, 0.6) is 0 Å². The van der Waals surface area contributed by atoms with Gasteiger partial charge in [-0.25, -0.2) is 0 Å². The van der Waals surface area contributed by atoms with Crippen LogP contribution in [0.15, 0.2) is 5.28 Å². The largest absolute Gasteiger partial charge is 0.569 e. The smallest absolute Gasteiger partial charge is 0.262 e. The van der Waals surface area contributed by atoms with Crippen molar-refractivity contribution in [2.24, 2.45) is 5.28 Å². The van der Waals surface area contributed by atoms with E-state index in [1.165, 1.54) is 5.01 Å². The van der Waals surface area contributed by atoms with Crippen LogP contribution in [0, 0.1) is 5.21 Å². The molecule has 0 aromatic rings. The lowest BCUT2D eigenvalue weighted by molar-refractivity contribution is -0.713. The Hall–Kier alpha value is -1.20. The summed E-state index contributed by atoms with van der Waals surface area (Å²) in [6.07, 6.45) is -7.22. The summed E-state index contributed by atoms with van der Waals surface area (Å²) >= 11 is 0. The fraction of sp³-hybridized carbons (Fsp3) is 1.00. The number of hydrogen-bond acceptors (Lipinski definition) is 8. The maximum atomic E-state index is 11.5. The van der Waals surface area contributed by atoms with E-state index in [-0.39, 0.29) is 4.97 Å². The van der Waals surface area contributed by atoms with Crippen LogP contribution in [0.1, 0.15) is 13.8 Å². The van der Waals surface area contributed by atoms with Crippen molar-refractivity contribution < 1.29 is 35.0 Å². The predicted octanol–water partition coefficient (Wildman–Crippen LogP) is -2.06. The van der Waals surface area contributed by atoms with E-state index in [9.17, 15) is 20.5 Å². The highest BCUT2D eigenvalue weighted by atomic mass is 16.8. The van der Waals surface area contributed by atoms with Gasteiger partial charge in [0.2, 0.25) is 5.28 Å². The molecule has 4 N–H and O–H groups in total. The molecule has 10 nitrogen and oxygen atoms in total. The van der Waals surface area contributed by atoms with Gasteiger partial charge in [0.1, 0.15) is 24.4 Å². The van der Waals surface area contributed by atoms with Crippen LogP contribution in [0.3, 0.4) is 0 Å².